The highest BCUT2D eigenvalue weighted by Crippen LogP contribution is 2.33. The highest BCUT2D eigenvalue weighted by Gasteiger charge is 2.27. The second kappa shape index (κ2) is 11.6. The summed E-state index contributed by atoms with van der Waals surface area (Å²) in [5.41, 5.74) is 5.20. The van der Waals surface area contributed by atoms with E-state index in [4.69, 9.17) is 9.72 Å². The average Bonchev–Trinajstić information content (AvgIpc) is 3.69. The Balaban J connectivity index is 1.12. The summed E-state index contributed by atoms with van der Waals surface area (Å²) in [7, 11) is 5.61. The predicted molar refractivity (Wildman–Crippen MR) is 164 cm³/mol. The molecule has 6 rings (SSSR count). The first kappa shape index (κ1) is 28.0. The normalized spacial score (nSPS) is 15.1. The maximum absolute atomic E-state index is 13.1. The molecule has 3 N–H and O–H groups in total. The summed E-state index contributed by atoms with van der Waals surface area (Å²) in [6, 6.07) is 8.06. The average molecular weight is 583 g/mol. The van der Waals surface area contributed by atoms with E-state index in [1.54, 1.807) is 15.8 Å². The van der Waals surface area contributed by atoms with Crippen molar-refractivity contribution in [1.82, 2.24) is 44.6 Å². The Labute approximate surface area is 248 Å². The molecule has 0 spiro atoms. The van der Waals surface area contributed by atoms with E-state index in [9.17, 15) is 4.79 Å². The van der Waals surface area contributed by atoms with E-state index in [1.807, 2.05) is 65.5 Å². The fraction of sp³-hybridized carbons (Fsp3) is 0.345. The van der Waals surface area contributed by atoms with Gasteiger partial charge in [0.1, 0.15) is 12.4 Å². The SMILES string of the molecule is Cc1cnc(Nc2cc(C)n(C)n2)nc1-c1c[nH]c2c(NC(=O)CN3CC[C@H](Oc4ncnc(N(C)C)n4)C3)cccc12. The second-order valence-corrected chi connectivity index (χ2v) is 10.8. The molecule has 1 aromatic carbocycles. The summed E-state index contributed by atoms with van der Waals surface area (Å²) in [6.45, 7) is 5.55. The number of fused-ring (bicyclic) bond motifs is 1. The molecule has 5 aromatic rings. The Morgan fingerprint density at radius 1 is 1.19 bits per heavy atom. The molecule has 1 fully saturated rings. The maximum Gasteiger partial charge on any atom is 0.321 e. The summed E-state index contributed by atoms with van der Waals surface area (Å²) < 4.78 is 7.76. The zero-order valence-corrected chi connectivity index (χ0v) is 24.8. The third-order valence-corrected chi connectivity index (χ3v) is 7.38. The second-order valence-electron chi connectivity index (χ2n) is 10.8. The van der Waals surface area contributed by atoms with Gasteiger partial charge >= 0.3 is 6.01 Å². The molecule has 14 nitrogen and oxygen atoms in total. The minimum absolute atomic E-state index is 0.100. The van der Waals surface area contributed by atoms with E-state index in [2.05, 4.69) is 45.6 Å². The number of anilines is 4. The van der Waals surface area contributed by atoms with Crippen molar-refractivity contribution in [2.45, 2.75) is 26.4 Å². The van der Waals surface area contributed by atoms with Crippen molar-refractivity contribution in [3.8, 4) is 17.3 Å². The number of nitrogens with one attached hydrogen (secondary N) is 3. The molecule has 0 saturated carbocycles. The van der Waals surface area contributed by atoms with Gasteiger partial charge in [0.15, 0.2) is 5.82 Å². The van der Waals surface area contributed by atoms with Gasteiger partial charge in [-0.1, -0.05) is 12.1 Å². The van der Waals surface area contributed by atoms with Crippen LogP contribution in [0.4, 0.5) is 23.4 Å². The van der Waals surface area contributed by atoms with Gasteiger partial charge in [0.05, 0.1) is 23.4 Å². The Bertz CT molecular complexity index is 1760. The highest BCUT2D eigenvalue weighted by molar-refractivity contribution is 6.06. The number of amides is 1. The van der Waals surface area contributed by atoms with Crippen molar-refractivity contribution in [2.75, 3.05) is 49.3 Å². The van der Waals surface area contributed by atoms with E-state index >= 15 is 0 Å². The molecule has 0 radical (unpaired) electrons. The molecule has 0 unspecified atom stereocenters. The largest absolute Gasteiger partial charge is 0.459 e. The van der Waals surface area contributed by atoms with E-state index in [0.29, 0.717) is 29.9 Å². The molecule has 14 heteroatoms. The lowest BCUT2D eigenvalue weighted by Gasteiger charge is -2.16. The van der Waals surface area contributed by atoms with Gasteiger partial charge in [0.2, 0.25) is 17.8 Å². The van der Waals surface area contributed by atoms with Crippen molar-refractivity contribution in [2.24, 2.45) is 7.05 Å². The van der Waals surface area contributed by atoms with E-state index in [-0.39, 0.29) is 24.6 Å². The fourth-order valence-electron chi connectivity index (χ4n) is 5.09. The lowest BCUT2D eigenvalue weighted by Crippen LogP contribution is -2.33. The van der Waals surface area contributed by atoms with Crippen LogP contribution in [0, 0.1) is 13.8 Å². The first-order valence-corrected chi connectivity index (χ1v) is 14.0. The molecule has 1 saturated heterocycles. The van der Waals surface area contributed by atoms with Crippen LogP contribution in [0.25, 0.3) is 22.2 Å². The van der Waals surface area contributed by atoms with Crippen molar-refractivity contribution in [1.29, 1.82) is 0 Å². The molecular weight excluding hydrogens is 548 g/mol. The van der Waals surface area contributed by atoms with Crippen LogP contribution < -0.4 is 20.3 Å². The van der Waals surface area contributed by atoms with Crippen LogP contribution in [0.15, 0.2) is 43.0 Å². The van der Waals surface area contributed by atoms with Gasteiger partial charge in [-0.15, -0.1) is 0 Å². The minimum Gasteiger partial charge on any atom is -0.459 e. The number of aryl methyl sites for hydroxylation is 3. The molecule has 1 aliphatic heterocycles. The Hall–Kier alpha value is -5.11. The number of likely N-dealkylation sites (tertiary alicyclic amines) is 1. The summed E-state index contributed by atoms with van der Waals surface area (Å²) in [4.78, 5) is 42.1. The number of para-hydroxylation sites is 1. The zero-order chi connectivity index (χ0) is 30.1. The van der Waals surface area contributed by atoms with E-state index < -0.39 is 0 Å². The van der Waals surface area contributed by atoms with Crippen molar-refractivity contribution in [3.63, 3.8) is 0 Å². The minimum atomic E-state index is -0.102. The molecule has 1 aliphatic rings. The standard InChI is InChI=1S/C29H34N12O2/c1-17-12-31-27(35-23-11-18(2)40(5)38-23)36-25(17)21-13-30-26-20(21)7-6-8-22(26)34-24(42)15-41-10-9-19(14-41)43-29-33-16-32-28(37-29)39(3)4/h6-8,11-13,16,19,30H,9-10,14-15H2,1-5H3,(H,34,42)(H,31,35,36,38)/t19-/m0/s1. The molecule has 1 amide bonds. The molecule has 4 aromatic heterocycles. The van der Waals surface area contributed by atoms with Gasteiger partial charge in [-0.3, -0.25) is 14.4 Å². The van der Waals surface area contributed by atoms with Crippen LogP contribution in [0.5, 0.6) is 6.01 Å². The van der Waals surface area contributed by atoms with E-state index in [0.717, 1.165) is 46.4 Å². The summed E-state index contributed by atoms with van der Waals surface area (Å²) in [5.74, 6) is 1.57. The Kier molecular flexibility index (Phi) is 7.59. The first-order chi connectivity index (χ1) is 20.7. The molecule has 43 heavy (non-hydrogen) atoms. The third kappa shape index (κ3) is 6.09. The number of carbonyl (C=O) groups is 1. The van der Waals surface area contributed by atoms with E-state index in [1.165, 1.54) is 6.33 Å². The number of aromatic amines is 1. The number of benzene rings is 1. The van der Waals surface area contributed by atoms with Crippen molar-refractivity contribution < 1.29 is 9.53 Å². The number of H-pyrrole nitrogens is 1. The monoisotopic (exact) mass is 582 g/mol. The van der Waals surface area contributed by atoms with Gasteiger partial charge in [-0.05, 0) is 31.9 Å². The number of aromatic nitrogens is 8. The lowest BCUT2D eigenvalue weighted by atomic mass is 10.1. The number of hydrogen-bond donors (Lipinski definition) is 3. The van der Waals surface area contributed by atoms with Crippen molar-refractivity contribution >= 4 is 40.2 Å². The summed E-state index contributed by atoms with van der Waals surface area (Å²) in [6.07, 6.45) is 5.82. The van der Waals surface area contributed by atoms with Crippen LogP contribution in [-0.2, 0) is 11.8 Å². The van der Waals surface area contributed by atoms with Crippen LogP contribution in [0.1, 0.15) is 17.7 Å². The quantitative estimate of drug-likeness (QED) is 0.235. The summed E-state index contributed by atoms with van der Waals surface area (Å²) in [5, 5.41) is 11.7. The topological polar surface area (TPSA) is 155 Å². The zero-order valence-electron chi connectivity index (χ0n) is 24.8. The fourth-order valence-corrected chi connectivity index (χ4v) is 5.09. The lowest BCUT2D eigenvalue weighted by molar-refractivity contribution is -0.117. The molecule has 222 valence electrons. The van der Waals surface area contributed by atoms with Crippen LogP contribution in [0.3, 0.4) is 0 Å². The smallest absolute Gasteiger partial charge is 0.321 e. The Morgan fingerprint density at radius 3 is 2.84 bits per heavy atom. The first-order valence-electron chi connectivity index (χ1n) is 14.0. The van der Waals surface area contributed by atoms with Crippen LogP contribution in [-0.4, -0.2) is 90.3 Å². The molecular formula is C29H34N12O2. The van der Waals surface area contributed by atoms with Crippen LogP contribution >= 0.6 is 0 Å². The summed E-state index contributed by atoms with van der Waals surface area (Å²) >= 11 is 0. The highest BCUT2D eigenvalue weighted by atomic mass is 16.5. The number of nitrogens with zero attached hydrogens (tertiary/aromatic N) is 9. The van der Waals surface area contributed by atoms with Gasteiger partial charge in [-0.25, -0.2) is 15.0 Å². The molecule has 1 atom stereocenters. The van der Waals surface area contributed by atoms with Gasteiger partial charge in [-0.2, -0.15) is 15.1 Å². The number of ether oxygens (including phenoxy) is 1. The van der Waals surface area contributed by atoms with Crippen molar-refractivity contribution in [3.05, 3.63) is 54.2 Å². The van der Waals surface area contributed by atoms with Gasteiger partial charge < -0.3 is 25.3 Å². The number of hydrogen-bond acceptors (Lipinski definition) is 11. The third-order valence-electron chi connectivity index (χ3n) is 7.38. The number of rotatable bonds is 9. The number of carbonyl (C=O) groups excluding carboxylic acids is 1. The van der Waals surface area contributed by atoms with Gasteiger partial charge in [0, 0.05) is 69.3 Å². The van der Waals surface area contributed by atoms with Gasteiger partial charge in [0.25, 0.3) is 0 Å². The molecule has 5 heterocycles. The maximum atomic E-state index is 13.1. The molecule has 0 aliphatic carbocycles. The molecule has 0 bridgehead atoms. The van der Waals surface area contributed by atoms with Crippen LogP contribution in [0.2, 0.25) is 0 Å². The Morgan fingerprint density at radius 2 is 2.05 bits per heavy atom. The predicted octanol–water partition coefficient (Wildman–Crippen LogP) is 3.06.